The van der Waals surface area contributed by atoms with Gasteiger partial charge in [-0.2, -0.15) is 0 Å². The molecule has 0 aromatic rings. The topological polar surface area (TPSA) is 44.9 Å². The van der Waals surface area contributed by atoms with Crippen LogP contribution in [0.1, 0.15) is 13.8 Å². The summed E-state index contributed by atoms with van der Waals surface area (Å²) >= 11 is 0. The van der Waals surface area contributed by atoms with Crippen molar-refractivity contribution in [2.24, 2.45) is 0 Å². The Hall–Kier alpha value is 0.170. The first-order valence-corrected chi connectivity index (χ1v) is 3.40. The largest absolute Gasteiger partial charge is 1.00 e. The van der Waals surface area contributed by atoms with Crippen LogP contribution in [0, 0.1) is 0 Å². The van der Waals surface area contributed by atoms with E-state index in [1.54, 1.807) is 0 Å². The number of hydrogen-bond donors (Lipinski definition) is 3. The number of halogens is 1. The van der Waals surface area contributed by atoms with E-state index in [-0.39, 0.29) is 12.4 Å². The van der Waals surface area contributed by atoms with Crippen LogP contribution in [0.2, 0.25) is 0 Å². The third-order valence-corrected chi connectivity index (χ3v) is 1.47. The second-order valence-electron chi connectivity index (χ2n) is 2.14. The van der Waals surface area contributed by atoms with Gasteiger partial charge in [-0.05, 0) is 13.8 Å². The normalized spacial score (nSPS) is 10.2. The van der Waals surface area contributed by atoms with Crippen molar-refractivity contribution >= 4 is 0 Å². The standard InChI is InChI=1S/C6H15NO2.ClH/c1-3-7(4-2)5-6(8)9;/h6,8-9H,3-5H2,1-2H3;1H. The van der Waals surface area contributed by atoms with E-state index in [0.717, 1.165) is 13.1 Å². The molecule has 0 spiro atoms. The van der Waals surface area contributed by atoms with Gasteiger partial charge in [-0.1, -0.05) is 0 Å². The molecule has 0 aliphatic carbocycles. The van der Waals surface area contributed by atoms with E-state index in [2.05, 4.69) is 0 Å². The molecule has 0 atom stereocenters. The van der Waals surface area contributed by atoms with Gasteiger partial charge in [0.15, 0.2) is 0 Å². The fourth-order valence-electron chi connectivity index (χ4n) is 0.797. The van der Waals surface area contributed by atoms with Crippen molar-refractivity contribution in [3.05, 3.63) is 0 Å². The Morgan fingerprint density at radius 1 is 1.20 bits per heavy atom. The molecule has 3 nitrogen and oxygen atoms in total. The predicted octanol–water partition coefficient (Wildman–Crippen LogP) is -4.77. The van der Waals surface area contributed by atoms with E-state index < -0.39 is 6.29 Å². The molecule has 64 valence electrons. The lowest BCUT2D eigenvalue weighted by atomic mass is 10.5. The Morgan fingerprint density at radius 2 is 1.60 bits per heavy atom. The maximum Gasteiger partial charge on any atom is 0.202 e. The fourth-order valence-corrected chi connectivity index (χ4v) is 0.797. The molecule has 0 radical (unpaired) electrons. The van der Waals surface area contributed by atoms with Gasteiger partial charge in [0, 0.05) is 0 Å². The maximum absolute atomic E-state index is 8.52. The Balaban J connectivity index is 0. The Kier molecular flexibility index (Phi) is 9.33. The summed E-state index contributed by atoms with van der Waals surface area (Å²) in [5, 5.41) is 17.0. The first-order chi connectivity index (χ1) is 4.20. The van der Waals surface area contributed by atoms with Crippen LogP contribution in [-0.4, -0.2) is 36.1 Å². The monoisotopic (exact) mass is 169 g/mol. The summed E-state index contributed by atoms with van der Waals surface area (Å²) in [5.74, 6) is 0. The number of hydrogen-bond acceptors (Lipinski definition) is 2. The Morgan fingerprint density at radius 3 is 1.70 bits per heavy atom. The van der Waals surface area contributed by atoms with Crippen molar-refractivity contribution in [1.82, 2.24) is 0 Å². The summed E-state index contributed by atoms with van der Waals surface area (Å²) in [6.45, 7) is 6.40. The first-order valence-electron chi connectivity index (χ1n) is 3.40. The molecular formula is C6H16ClNO2. The first kappa shape index (κ1) is 12.8. The second-order valence-corrected chi connectivity index (χ2v) is 2.14. The number of likely N-dealkylation sites (N-methyl/N-ethyl adjacent to an activating group) is 1. The van der Waals surface area contributed by atoms with Crippen LogP contribution in [0.25, 0.3) is 0 Å². The van der Waals surface area contributed by atoms with Crippen LogP contribution in [0.5, 0.6) is 0 Å². The zero-order chi connectivity index (χ0) is 7.28. The van der Waals surface area contributed by atoms with Crippen molar-refractivity contribution < 1.29 is 27.5 Å². The molecule has 0 aromatic carbocycles. The minimum absolute atomic E-state index is 0. The van der Waals surface area contributed by atoms with Gasteiger partial charge in [0.05, 0.1) is 13.1 Å². The Labute approximate surface area is 68.1 Å². The number of quaternary nitrogens is 1. The molecule has 0 amide bonds. The molecule has 0 unspecified atom stereocenters. The maximum atomic E-state index is 8.52. The molecule has 0 aliphatic rings. The van der Waals surface area contributed by atoms with E-state index in [9.17, 15) is 0 Å². The predicted molar refractivity (Wildman–Crippen MR) is 35.1 cm³/mol. The number of aliphatic hydroxyl groups is 2. The molecule has 0 bridgehead atoms. The molecule has 4 heteroatoms. The summed E-state index contributed by atoms with van der Waals surface area (Å²) in [6, 6.07) is 0. The lowest BCUT2D eigenvalue weighted by Crippen LogP contribution is -3.12. The van der Waals surface area contributed by atoms with Crippen molar-refractivity contribution in [3.8, 4) is 0 Å². The minimum atomic E-state index is -1.15. The zero-order valence-electron chi connectivity index (χ0n) is 6.47. The van der Waals surface area contributed by atoms with E-state index >= 15 is 0 Å². The third kappa shape index (κ3) is 6.29. The lowest BCUT2D eigenvalue weighted by molar-refractivity contribution is -0.902. The van der Waals surface area contributed by atoms with Crippen LogP contribution in [0.15, 0.2) is 0 Å². The average molecular weight is 170 g/mol. The van der Waals surface area contributed by atoms with Crippen molar-refractivity contribution in [2.45, 2.75) is 20.1 Å². The van der Waals surface area contributed by atoms with Gasteiger partial charge in [0.1, 0.15) is 6.54 Å². The average Bonchev–Trinajstić information content (AvgIpc) is 1.82. The summed E-state index contributed by atoms with van der Waals surface area (Å²) in [6.07, 6.45) is -1.15. The molecule has 0 aliphatic heterocycles. The Bertz CT molecular complexity index is 66.8. The number of rotatable bonds is 4. The van der Waals surface area contributed by atoms with Gasteiger partial charge in [-0.15, -0.1) is 0 Å². The SMILES string of the molecule is CC[NH+](CC)CC(O)O.[Cl-]. The van der Waals surface area contributed by atoms with Gasteiger partial charge in [-0.25, -0.2) is 0 Å². The van der Waals surface area contributed by atoms with E-state index in [1.165, 1.54) is 4.90 Å². The van der Waals surface area contributed by atoms with Crippen LogP contribution in [0.3, 0.4) is 0 Å². The summed E-state index contributed by atoms with van der Waals surface area (Å²) in [5.41, 5.74) is 0. The van der Waals surface area contributed by atoms with Crippen LogP contribution >= 0.6 is 0 Å². The molecule has 0 aromatic heterocycles. The van der Waals surface area contributed by atoms with Crippen molar-refractivity contribution in [3.63, 3.8) is 0 Å². The minimum Gasteiger partial charge on any atom is -1.00 e. The smallest absolute Gasteiger partial charge is 0.202 e. The van der Waals surface area contributed by atoms with E-state index in [0.29, 0.717) is 6.54 Å². The highest BCUT2D eigenvalue weighted by atomic mass is 35.5. The van der Waals surface area contributed by atoms with Gasteiger partial charge < -0.3 is 27.5 Å². The van der Waals surface area contributed by atoms with Crippen molar-refractivity contribution in [2.75, 3.05) is 19.6 Å². The highest BCUT2D eigenvalue weighted by molar-refractivity contribution is 4.27. The van der Waals surface area contributed by atoms with Crippen LogP contribution in [0.4, 0.5) is 0 Å². The van der Waals surface area contributed by atoms with Crippen molar-refractivity contribution in [1.29, 1.82) is 0 Å². The van der Waals surface area contributed by atoms with Crippen LogP contribution < -0.4 is 17.3 Å². The molecule has 0 saturated heterocycles. The molecule has 0 heterocycles. The highest BCUT2D eigenvalue weighted by Crippen LogP contribution is 1.63. The van der Waals surface area contributed by atoms with Crippen LogP contribution in [-0.2, 0) is 0 Å². The molecule has 0 saturated carbocycles. The summed E-state index contributed by atoms with van der Waals surface area (Å²) < 4.78 is 0. The zero-order valence-corrected chi connectivity index (χ0v) is 7.23. The second kappa shape index (κ2) is 7.28. The molecule has 0 fully saturated rings. The highest BCUT2D eigenvalue weighted by Gasteiger charge is 2.06. The van der Waals surface area contributed by atoms with E-state index in [1.807, 2.05) is 13.8 Å². The molecular weight excluding hydrogens is 154 g/mol. The quantitative estimate of drug-likeness (QED) is 0.370. The molecule has 0 rings (SSSR count). The summed E-state index contributed by atoms with van der Waals surface area (Å²) in [7, 11) is 0. The lowest BCUT2D eigenvalue weighted by Gasteiger charge is -2.15. The molecule has 3 N–H and O–H groups in total. The third-order valence-electron chi connectivity index (χ3n) is 1.47. The molecule has 10 heavy (non-hydrogen) atoms. The van der Waals surface area contributed by atoms with E-state index in [4.69, 9.17) is 10.2 Å². The number of nitrogens with one attached hydrogen (secondary N) is 1. The van der Waals surface area contributed by atoms with Gasteiger partial charge >= 0.3 is 0 Å². The fraction of sp³-hybridized carbons (Fsp3) is 1.00. The van der Waals surface area contributed by atoms with Gasteiger partial charge in [0.2, 0.25) is 6.29 Å². The summed E-state index contributed by atoms with van der Waals surface area (Å²) in [4.78, 5) is 1.21. The number of aliphatic hydroxyl groups excluding tert-OH is 1. The van der Waals surface area contributed by atoms with Gasteiger partial charge in [-0.3, -0.25) is 0 Å². The van der Waals surface area contributed by atoms with Gasteiger partial charge in [0.25, 0.3) is 0 Å².